The molecule has 5 heteroatoms. The number of aromatic nitrogens is 3. The lowest BCUT2D eigenvalue weighted by atomic mass is 10.1. The molecule has 0 saturated carbocycles. The summed E-state index contributed by atoms with van der Waals surface area (Å²) in [6.07, 6.45) is 6.91. The molecule has 0 bridgehead atoms. The van der Waals surface area contributed by atoms with Gasteiger partial charge in [-0.25, -0.2) is 4.68 Å². The third-order valence-electron chi connectivity index (χ3n) is 4.80. The number of rotatable bonds is 10. The minimum Gasteiger partial charge on any atom is -0.312 e. The van der Waals surface area contributed by atoms with Crippen LogP contribution >= 0.6 is 0 Å². The Bertz CT molecular complexity index is 794. The molecule has 0 aliphatic carbocycles. The van der Waals surface area contributed by atoms with E-state index in [4.69, 9.17) is 5.10 Å². The van der Waals surface area contributed by atoms with E-state index in [0.29, 0.717) is 0 Å². The summed E-state index contributed by atoms with van der Waals surface area (Å²) < 4.78 is 1.96. The predicted octanol–water partition coefficient (Wildman–Crippen LogP) is 3.76. The Morgan fingerprint density at radius 2 is 1.74 bits per heavy atom. The molecule has 0 unspecified atom stereocenters. The standard InChI is InChI=1S/C22H29N5/c1-3-26(4-2)16-8-13-24-17-20-18-27(21-9-6-5-7-10-21)25-22(20)19-11-14-23-15-12-19/h5-7,9-12,14-15,18,24H,3-4,8,13,16-17H2,1-2H3. The van der Waals surface area contributed by atoms with E-state index in [1.165, 1.54) is 5.56 Å². The van der Waals surface area contributed by atoms with Crippen molar-refractivity contribution in [3.05, 3.63) is 66.6 Å². The zero-order valence-corrected chi connectivity index (χ0v) is 16.3. The predicted molar refractivity (Wildman–Crippen MR) is 111 cm³/mol. The van der Waals surface area contributed by atoms with Crippen LogP contribution in [0.5, 0.6) is 0 Å². The van der Waals surface area contributed by atoms with Gasteiger partial charge in [-0.05, 0) is 56.9 Å². The van der Waals surface area contributed by atoms with E-state index in [-0.39, 0.29) is 0 Å². The number of benzene rings is 1. The number of pyridine rings is 1. The Balaban J connectivity index is 1.70. The number of hydrogen-bond donors (Lipinski definition) is 1. The number of nitrogens with one attached hydrogen (secondary N) is 1. The molecule has 3 rings (SSSR count). The van der Waals surface area contributed by atoms with Gasteiger partial charge in [0.05, 0.1) is 11.4 Å². The van der Waals surface area contributed by atoms with Crippen molar-refractivity contribution in [2.75, 3.05) is 26.2 Å². The molecule has 0 aliphatic heterocycles. The van der Waals surface area contributed by atoms with Crippen molar-refractivity contribution in [3.8, 4) is 16.9 Å². The maximum absolute atomic E-state index is 4.85. The van der Waals surface area contributed by atoms with Crippen LogP contribution in [0, 0.1) is 0 Å². The highest BCUT2D eigenvalue weighted by atomic mass is 15.3. The lowest BCUT2D eigenvalue weighted by molar-refractivity contribution is 0.298. The average molecular weight is 364 g/mol. The molecule has 1 N–H and O–H groups in total. The van der Waals surface area contributed by atoms with Crippen LogP contribution in [0.4, 0.5) is 0 Å². The summed E-state index contributed by atoms with van der Waals surface area (Å²) in [5, 5.41) is 8.43. The summed E-state index contributed by atoms with van der Waals surface area (Å²) in [7, 11) is 0. The minimum absolute atomic E-state index is 0.808. The van der Waals surface area contributed by atoms with Crippen molar-refractivity contribution in [1.29, 1.82) is 0 Å². The third kappa shape index (κ3) is 5.25. The monoisotopic (exact) mass is 363 g/mol. The molecule has 0 atom stereocenters. The van der Waals surface area contributed by atoms with E-state index < -0.39 is 0 Å². The number of hydrogen-bond acceptors (Lipinski definition) is 4. The first-order valence-electron chi connectivity index (χ1n) is 9.79. The molecule has 3 aromatic rings. The second kappa shape index (κ2) is 10.00. The molecule has 2 heterocycles. The summed E-state index contributed by atoms with van der Waals surface area (Å²) in [6.45, 7) is 9.62. The van der Waals surface area contributed by atoms with Crippen molar-refractivity contribution >= 4 is 0 Å². The molecule has 1 aromatic carbocycles. The molecule has 5 nitrogen and oxygen atoms in total. The first kappa shape index (κ1) is 19.3. The largest absolute Gasteiger partial charge is 0.312 e. The van der Waals surface area contributed by atoms with Gasteiger partial charge in [0.1, 0.15) is 0 Å². The van der Waals surface area contributed by atoms with Gasteiger partial charge in [0, 0.05) is 36.3 Å². The van der Waals surface area contributed by atoms with Crippen LogP contribution in [0.3, 0.4) is 0 Å². The maximum atomic E-state index is 4.85. The van der Waals surface area contributed by atoms with Crippen molar-refractivity contribution in [1.82, 2.24) is 25.0 Å². The highest BCUT2D eigenvalue weighted by Crippen LogP contribution is 2.23. The van der Waals surface area contributed by atoms with Crippen molar-refractivity contribution < 1.29 is 0 Å². The van der Waals surface area contributed by atoms with E-state index in [2.05, 4.69) is 47.4 Å². The second-order valence-electron chi connectivity index (χ2n) is 6.58. The topological polar surface area (TPSA) is 46.0 Å². The van der Waals surface area contributed by atoms with E-state index in [1.54, 1.807) is 0 Å². The van der Waals surface area contributed by atoms with Gasteiger partial charge in [0.2, 0.25) is 0 Å². The van der Waals surface area contributed by atoms with Gasteiger partial charge in [-0.3, -0.25) is 4.98 Å². The van der Waals surface area contributed by atoms with E-state index in [0.717, 1.165) is 56.1 Å². The summed E-state index contributed by atoms with van der Waals surface area (Å²) >= 11 is 0. The van der Waals surface area contributed by atoms with Gasteiger partial charge in [0.25, 0.3) is 0 Å². The molecular weight excluding hydrogens is 334 g/mol. The number of nitrogens with zero attached hydrogens (tertiary/aromatic N) is 4. The Morgan fingerprint density at radius 1 is 1.00 bits per heavy atom. The maximum Gasteiger partial charge on any atom is 0.0973 e. The van der Waals surface area contributed by atoms with Crippen molar-refractivity contribution in [3.63, 3.8) is 0 Å². The van der Waals surface area contributed by atoms with Gasteiger partial charge in [-0.1, -0.05) is 32.0 Å². The molecule has 0 saturated heterocycles. The Hall–Kier alpha value is -2.50. The lowest BCUT2D eigenvalue weighted by Crippen LogP contribution is -2.27. The highest BCUT2D eigenvalue weighted by Gasteiger charge is 2.12. The first-order valence-corrected chi connectivity index (χ1v) is 9.79. The van der Waals surface area contributed by atoms with E-state index >= 15 is 0 Å². The normalized spacial score (nSPS) is 11.2. The van der Waals surface area contributed by atoms with Gasteiger partial charge in [-0.2, -0.15) is 5.10 Å². The van der Waals surface area contributed by atoms with Crippen LogP contribution in [0.15, 0.2) is 61.1 Å². The molecule has 0 aliphatic rings. The molecule has 27 heavy (non-hydrogen) atoms. The summed E-state index contributed by atoms with van der Waals surface area (Å²) in [6, 6.07) is 14.3. The molecule has 0 fully saturated rings. The Morgan fingerprint density at radius 3 is 2.44 bits per heavy atom. The van der Waals surface area contributed by atoms with E-state index in [9.17, 15) is 0 Å². The van der Waals surface area contributed by atoms with Crippen LogP contribution < -0.4 is 5.32 Å². The second-order valence-corrected chi connectivity index (χ2v) is 6.58. The van der Waals surface area contributed by atoms with Crippen molar-refractivity contribution in [2.45, 2.75) is 26.8 Å². The summed E-state index contributed by atoms with van der Waals surface area (Å²) in [5.74, 6) is 0. The van der Waals surface area contributed by atoms with Gasteiger partial charge in [0.15, 0.2) is 0 Å². The smallest absolute Gasteiger partial charge is 0.0973 e. The first-order chi connectivity index (χ1) is 13.3. The van der Waals surface area contributed by atoms with Gasteiger partial charge >= 0.3 is 0 Å². The van der Waals surface area contributed by atoms with Crippen LogP contribution in [-0.4, -0.2) is 45.8 Å². The Kier molecular flexibility index (Phi) is 7.13. The average Bonchev–Trinajstić information content (AvgIpc) is 3.16. The Labute approximate surface area is 162 Å². The molecule has 2 aromatic heterocycles. The fraction of sp³-hybridized carbons (Fsp3) is 0.364. The van der Waals surface area contributed by atoms with E-state index in [1.807, 2.05) is 47.4 Å². The summed E-state index contributed by atoms with van der Waals surface area (Å²) in [4.78, 5) is 6.59. The highest BCUT2D eigenvalue weighted by molar-refractivity contribution is 5.62. The van der Waals surface area contributed by atoms with Gasteiger partial charge in [-0.15, -0.1) is 0 Å². The molecular formula is C22H29N5. The van der Waals surface area contributed by atoms with Crippen LogP contribution in [-0.2, 0) is 6.54 Å². The quantitative estimate of drug-likeness (QED) is 0.557. The SMILES string of the molecule is CCN(CC)CCCNCc1cn(-c2ccccc2)nc1-c1ccncc1. The third-order valence-corrected chi connectivity index (χ3v) is 4.80. The minimum atomic E-state index is 0.808. The van der Waals surface area contributed by atoms with Crippen molar-refractivity contribution in [2.24, 2.45) is 0 Å². The summed E-state index contributed by atoms with van der Waals surface area (Å²) in [5.41, 5.74) is 4.38. The number of para-hydroxylation sites is 1. The zero-order chi connectivity index (χ0) is 18.9. The van der Waals surface area contributed by atoms with Crippen LogP contribution in [0.2, 0.25) is 0 Å². The fourth-order valence-corrected chi connectivity index (χ4v) is 3.20. The molecule has 0 radical (unpaired) electrons. The fourth-order valence-electron chi connectivity index (χ4n) is 3.20. The molecule has 142 valence electrons. The molecule has 0 spiro atoms. The van der Waals surface area contributed by atoms with Crippen LogP contribution in [0.25, 0.3) is 16.9 Å². The van der Waals surface area contributed by atoms with Gasteiger partial charge < -0.3 is 10.2 Å². The van der Waals surface area contributed by atoms with Crippen LogP contribution in [0.1, 0.15) is 25.8 Å². The lowest BCUT2D eigenvalue weighted by Gasteiger charge is -2.17. The zero-order valence-electron chi connectivity index (χ0n) is 16.3. The molecule has 0 amide bonds.